The SMILES string of the molecule is CCCCCc1ccc(/C(F)=C(\F)c2ccc(C#Cc3ccc(N=C=S)cc3)cc2)cc1. The molecule has 0 unspecified atom stereocenters. The molecule has 0 bridgehead atoms. The lowest BCUT2D eigenvalue weighted by molar-refractivity contribution is 0.699. The van der Waals surface area contributed by atoms with Crippen LogP contribution in [0.2, 0.25) is 0 Å². The first-order valence-corrected chi connectivity index (χ1v) is 11.0. The Morgan fingerprint density at radius 3 is 1.75 bits per heavy atom. The van der Waals surface area contributed by atoms with Crippen LogP contribution in [0.4, 0.5) is 14.5 Å². The number of rotatable bonds is 7. The summed E-state index contributed by atoms with van der Waals surface area (Å²) in [6, 6.07) is 20.7. The number of halogens is 2. The van der Waals surface area contributed by atoms with Crippen LogP contribution in [0, 0.1) is 11.8 Å². The highest BCUT2D eigenvalue weighted by atomic mass is 32.1. The van der Waals surface area contributed by atoms with E-state index in [0.29, 0.717) is 11.3 Å². The van der Waals surface area contributed by atoms with Crippen LogP contribution in [-0.4, -0.2) is 5.16 Å². The van der Waals surface area contributed by atoms with Gasteiger partial charge in [0.05, 0.1) is 10.8 Å². The van der Waals surface area contributed by atoms with Gasteiger partial charge < -0.3 is 0 Å². The standard InChI is InChI=1S/C28H23F2NS/c1-2-3-4-5-21-8-14-24(15-9-21)27(29)28(30)25-16-10-22(11-17-25)6-7-23-12-18-26(19-13-23)31-20-32/h8-19H,2-5H2,1H3/b28-27+. The molecule has 0 heterocycles. The van der Waals surface area contributed by atoms with Gasteiger partial charge in [-0.2, -0.15) is 4.99 Å². The molecule has 0 spiro atoms. The highest BCUT2D eigenvalue weighted by Crippen LogP contribution is 2.29. The van der Waals surface area contributed by atoms with Gasteiger partial charge in [0.2, 0.25) is 0 Å². The van der Waals surface area contributed by atoms with Crippen molar-refractivity contribution in [3.05, 3.63) is 101 Å². The maximum atomic E-state index is 14.7. The second kappa shape index (κ2) is 11.9. The smallest absolute Gasteiger partial charge is 0.166 e. The van der Waals surface area contributed by atoms with E-state index >= 15 is 0 Å². The van der Waals surface area contributed by atoms with Crippen LogP contribution in [0.1, 0.15) is 54.0 Å². The largest absolute Gasteiger partial charge is 0.203 e. The Morgan fingerprint density at radius 2 is 1.25 bits per heavy atom. The minimum atomic E-state index is -0.877. The molecule has 0 radical (unpaired) electrons. The van der Waals surface area contributed by atoms with Crippen LogP contribution >= 0.6 is 12.2 Å². The lowest BCUT2D eigenvalue weighted by atomic mass is 10.0. The summed E-state index contributed by atoms with van der Waals surface area (Å²) >= 11 is 4.58. The Balaban J connectivity index is 1.70. The lowest BCUT2D eigenvalue weighted by Gasteiger charge is -2.05. The molecule has 0 saturated carbocycles. The van der Waals surface area contributed by atoms with E-state index in [0.717, 1.165) is 30.4 Å². The third-order valence-electron chi connectivity index (χ3n) is 5.00. The topological polar surface area (TPSA) is 12.4 Å². The molecule has 0 aliphatic rings. The Morgan fingerprint density at radius 1 is 0.750 bits per heavy atom. The minimum absolute atomic E-state index is 0.183. The maximum absolute atomic E-state index is 14.7. The quantitative estimate of drug-likeness (QED) is 0.118. The molecule has 160 valence electrons. The number of isothiocyanates is 1. The maximum Gasteiger partial charge on any atom is 0.166 e. The number of hydrogen-bond acceptors (Lipinski definition) is 2. The van der Waals surface area contributed by atoms with Crippen molar-refractivity contribution >= 4 is 34.7 Å². The first-order valence-electron chi connectivity index (χ1n) is 10.6. The molecule has 0 N–H and O–H groups in total. The summed E-state index contributed by atoms with van der Waals surface area (Å²) in [6.07, 6.45) is 4.38. The average Bonchev–Trinajstić information content (AvgIpc) is 2.84. The van der Waals surface area contributed by atoms with Gasteiger partial charge in [-0.15, -0.1) is 0 Å². The fourth-order valence-electron chi connectivity index (χ4n) is 3.17. The highest BCUT2D eigenvalue weighted by molar-refractivity contribution is 7.78. The molecule has 1 nitrogen and oxygen atoms in total. The van der Waals surface area contributed by atoms with Gasteiger partial charge in [0.1, 0.15) is 0 Å². The number of nitrogens with zero attached hydrogens (tertiary/aromatic N) is 1. The number of hydrogen-bond donors (Lipinski definition) is 0. The average molecular weight is 444 g/mol. The number of aliphatic imine (C=N–C) groups is 1. The van der Waals surface area contributed by atoms with E-state index < -0.39 is 11.7 Å². The molecule has 32 heavy (non-hydrogen) atoms. The van der Waals surface area contributed by atoms with Gasteiger partial charge in [0, 0.05) is 22.3 Å². The Bertz CT molecular complexity index is 1180. The van der Waals surface area contributed by atoms with Crippen molar-refractivity contribution in [2.24, 2.45) is 4.99 Å². The third-order valence-corrected chi connectivity index (χ3v) is 5.09. The first kappa shape index (κ1) is 23.3. The molecule has 0 aliphatic heterocycles. The summed E-state index contributed by atoms with van der Waals surface area (Å²) in [7, 11) is 0. The van der Waals surface area contributed by atoms with E-state index in [1.165, 1.54) is 18.6 Å². The summed E-state index contributed by atoms with van der Waals surface area (Å²) in [5.74, 6) is 4.32. The third kappa shape index (κ3) is 6.56. The van der Waals surface area contributed by atoms with Gasteiger partial charge in [-0.1, -0.05) is 68.0 Å². The van der Waals surface area contributed by atoms with E-state index in [9.17, 15) is 8.78 Å². The summed E-state index contributed by atoms with van der Waals surface area (Å²) in [5.41, 5.74) is 3.80. The zero-order valence-electron chi connectivity index (χ0n) is 17.9. The molecule has 0 aliphatic carbocycles. The van der Waals surface area contributed by atoms with E-state index in [1.807, 2.05) is 24.3 Å². The van der Waals surface area contributed by atoms with Crippen LogP contribution in [0.3, 0.4) is 0 Å². The monoisotopic (exact) mass is 443 g/mol. The second-order valence-electron chi connectivity index (χ2n) is 7.36. The van der Waals surface area contributed by atoms with Crippen molar-refractivity contribution in [1.82, 2.24) is 0 Å². The second-order valence-corrected chi connectivity index (χ2v) is 7.54. The Labute approximate surface area is 193 Å². The summed E-state index contributed by atoms with van der Waals surface area (Å²) in [4.78, 5) is 3.89. The summed E-state index contributed by atoms with van der Waals surface area (Å²) in [6.45, 7) is 2.16. The molecule has 3 aromatic carbocycles. The van der Waals surface area contributed by atoms with Crippen LogP contribution in [0.5, 0.6) is 0 Å². The lowest BCUT2D eigenvalue weighted by Crippen LogP contribution is -1.88. The van der Waals surface area contributed by atoms with Crippen molar-refractivity contribution in [2.75, 3.05) is 0 Å². The van der Waals surface area contributed by atoms with E-state index in [-0.39, 0.29) is 11.1 Å². The minimum Gasteiger partial charge on any atom is -0.203 e. The molecule has 3 aromatic rings. The molecule has 0 atom stereocenters. The van der Waals surface area contributed by atoms with Crippen molar-refractivity contribution in [3.8, 4) is 11.8 Å². The van der Waals surface area contributed by atoms with Gasteiger partial charge in [0.25, 0.3) is 0 Å². The zero-order chi connectivity index (χ0) is 22.8. The molecule has 4 heteroatoms. The van der Waals surface area contributed by atoms with Crippen LogP contribution < -0.4 is 0 Å². The van der Waals surface area contributed by atoms with Gasteiger partial charge in [0.15, 0.2) is 11.7 Å². The van der Waals surface area contributed by atoms with Crippen molar-refractivity contribution in [3.63, 3.8) is 0 Å². The van der Waals surface area contributed by atoms with Crippen LogP contribution in [0.25, 0.3) is 11.7 Å². The number of unbranched alkanes of at least 4 members (excludes halogenated alkanes) is 2. The van der Waals surface area contributed by atoms with Crippen molar-refractivity contribution in [2.45, 2.75) is 32.6 Å². The zero-order valence-corrected chi connectivity index (χ0v) is 18.7. The van der Waals surface area contributed by atoms with Crippen LogP contribution in [0.15, 0.2) is 77.8 Å². The first-order chi connectivity index (χ1) is 15.6. The van der Waals surface area contributed by atoms with Gasteiger partial charge in [-0.3, -0.25) is 0 Å². The Kier molecular flexibility index (Phi) is 8.63. The molecular weight excluding hydrogens is 420 g/mol. The van der Waals surface area contributed by atoms with E-state index in [1.54, 1.807) is 36.4 Å². The number of aryl methyl sites for hydroxylation is 1. The van der Waals surface area contributed by atoms with Gasteiger partial charge >= 0.3 is 0 Å². The fourth-order valence-corrected chi connectivity index (χ4v) is 3.27. The van der Waals surface area contributed by atoms with Crippen molar-refractivity contribution < 1.29 is 8.78 Å². The molecule has 0 fully saturated rings. The molecular formula is C28H23F2NS. The fraction of sp³-hybridized carbons (Fsp3) is 0.179. The molecule has 0 saturated heterocycles. The molecule has 0 aromatic heterocycles. The summed E-state index contributed by atoms with van der Waals surface area (Å²) in [5, 5.41) is 2.32. The number of thiocarbonyl (C=S) groups is 1. The normalized spacial score (nSPS) is 11.1. The van der Waals surface area contributed by atoms with Crippen molar-refractivity contribution in [1.29, 1.82) is 0 Å². The number of benzene rings is 3. The van der Waals surface area contributed by atoms with E-state index in [4.69, 9.17) is 0 Å². The molecule has 3 rings (SSSR count). The highest BCUT2D eigenvalue weighted by Gasteiger charge is 2.11. The predicted molar refractivity (Wildman–Crippen MR) is 132 cm³/mol. The predicted octanol–water partition coefficient (Wildman–Crippen LogP) is 8.32. The van der Waals surface area contributed by atoms with Crippen LogP contribution in [-0.2, 0) is 6.42 Å². The summed E-state index contributed by atoms with van der Waals surface area (Å²) < 4.78 is 29.4. The van der Waals surface area contributed by atoms with E-state index in [2.05, 4.69) is 41.1 Å². The van der Waals surface area contributed by atoms with Gasteiger partial charge in [-0.25, -0.2) is 8.78 Å². The van der Waals surface area contributed by atoms with Gasteiger partial charge in [-0.05, 0) is 67.0 Å². The Hall–Kier alpha value is -3.38. The molecule has 0 amide bonds.